The smallest absolute Gasteiger partial charge is 0.264 e. The Bertz CT molecular complexity index is 986. The maximum Gasteiger partial charge on any atom is 0.264 e. The number of ether oxygens (including phenoxy) is 1. The highest BCUT2D eigenvalue weighted by Gasteiger charge is 2.25. The average Bonchev–Trinajstić information content (AvgIpc) is 3.21. The second-order valence-electron chi connectivity index (χ2n) is 5.98. The lowest BCUT2D eigenvalue weighted by Gasteiger charge is -2.26. The molecule has 146 valence electrons. The fraction of sp³-hybridized carbons (Fsp3) is 0.222. The molecule has 6 nitrogen and oxygen atoms in total. The molecule has 3 heterocycles. The van der Waals surface area contributed by atoms with E-state index in [-0.39, 0.29) is 5.91 Å². The van der Waals surface area contributed by atoms with Gasteiger partial charge in [0.1, 0.15) is 5.76 Å². The zero-order chi connectivity index (χ0) is 19.7. The van der Waals surface area contributed by atoms with Gasteiger partial charge in [0.2, 0.25) is 5.88 Å². The molecule has 2 aromatic rings. The predicted octanol–water partition coefficient (Wildman–Crippen LogP) is 5.19. The van der Waals surface area contributed by atoms with Crippen molar-refractivity contribution in [1.82, 2.24) is 5.32 Å². The number of nitrogens with zero attached hydrogens (tertiary/aromatic N) is 2. The minimum atomic E-state index is -0.215. The summed E-state index contributed by atoms with van der Waals surface area (Å²) in [5, 5.41) is 3.81. The van der Waals surface area contributed by atoms with Gasteiger partial charge >= 0.3 is 0 Å². The lowest BCUT2D eigenvalue weighted by molar-refractivity contribution is -0.115. The number of nitrogens with one attached hydrogen (secondary N) is 1. The van der Waals surface area contributed by atoms with Gasteiger partial charge in [-0.25, -0.2) is 4.99 Å². The summed E-state index contributed by atoms with van der Waals surface area (Å²) in [4.78, 5) is 19.4. The summed E-state index contributed by atoms with van der Waals surface area (Å²) in [5.41, 5.74) is 0.660. The van der Waals surface area contributed by atoms with Crippen molar-refractivity contribution in [2.75, 3.05) is 31.2 Å². The van der Waals surface area contributed by atoms with Gasteiger partial charge in [-0.05, 0) is 61.8 Å². The summed E-state index contributed by atoms with van der Waals surface area (Å²) in [6, 6.07) is 7.21. The Balaban J connectivity index is 1.53. The van der Waals surface area contributed by atoms with Gasteiger partial charge in [-0.3, -0.25) is 4.79 Å². The number of aliphatic imine (C=N–C) groups is 1. The number of thioether (sulfide) groups is 1. The number of carbonyl (C=O) groups excluding carboxylic acids is 1. The molecule has 0 bridgehead atoms. The molecule has 28 heavy (non-hydrogen) atoms. The van der Waals surface area contributed by atoms with Crippen LogP contribution in [-0.2, 0) is 9.53 Å². The second kappa shape index (κ2) is 8.62. The van der Waals surface area contributed by atoms with Crippen molar-refractivity contribution in [1.29, 1.82) is 0 Å². The van der Waals surface area contributed by atoms with E-state index in [0.29, 0.717) is 39.8 Å². The Morgan fingerprint density at radius 2 is 2.00 bits per heavy atom. The molecular formula is C18H14Br2ClN3O3S. The molecule has 0 saturated carbocycles. The zero-order valence-electron chi connectivity index (χ0n) is 14.4. The molecule has 1 N–H and O–H groups in total. The third-order valence-electron chi connectivity index (χ3n) is 4.04. The topological polar surface area (TPSA) is 67.1 Å². The van der Waals surface area contributed by atoms with E-state index >= 15 is 0 Å². The van der Waals surface area contributed by atoms with Crippen LogP contribution in [0.5, 0.6) is 0 Å². The molecule has 2 fully saturated rings. The van der Waals surface area contributed by atoms with E-state index in [0.717, 1.165) is 27.9 Å². The molecule has 0 radical (unpaired) electrons. The van der Waals surface area contributed by atoms with E-state index in [2.05, 4.69) is 47.1 Å². The lowest BCUT2D eigenvalue weighted by atomic mass is 10.3. The monoisotopic (exact) mass is 545 g/mol. The average molecular weight is 548 g/mol. The minimum absolute atomic E-state index is 0.215. The van der Waals surface area contributed by atoms with Gasteiger partial charge in [0.15, 0.2) is 5.17 Å². The van der Waals surface area contributed by atoms with Crippen LogP contribution in [-0.4, -0.2) is 37.4 Å². The van der Waals surface area contributed by atoms with Gasteiger partial charge < -0.3 is 19.4 Å². The van der Waals surface area contributed by atoms with Crippen molar-refractivity contribution in [2.45, 2.75) is 0 Å². The van der Waals surface area contributed by atoms with Crippen LogP contribution >= 0.6 is 55.2 Å². The number of benzene rings is 1. The van der Waals surface area contributed by atoms with E-state index in [1.54, 1.807) is 12.1 Å². The highest BCUT2D eigenvalue weighted by atomic mass is 79.9. The Kier molecular flexibility index (Phi) is 6.17. The molecule has 1 aromatic heterocycles. The Morgan fingerprint density at radius 1 is 1.21 bits per heavy atom. The summed E-state index contributed by atoms with van der Waals surface area (Å²) in [7, 11) is 0. The molecule has 2 aliphatic heterocycles. The van der Waals surface area contributed by atoms with Gasteiger partial charge in [-0.1, -0.05) is 11.6 Å². The number of rotatable bonds is 3. The number of furan rings is 1. The van der Waals surface area contributed by atoms with Crippen LogP contribution in [0.2, 0.25) is 5.02 Å². The fourth-order valence-electron chi connectivity index (χ4n) is 2.71. The number of hydrogen-bond acceptors (Lipinski definition) is 6. The van der Waals surface area contributed by atoms with Crippen molar-refractivity contribution in [3.8, 4) is 0 Å². The van der Waals surface area contributed by atoms with Crippen molar-refractivity contribution in [2.24, 2.45) is 4.99 Å². The van der Waals surface area contributed by atoms with Crippen molar-refractivity contribution < 1.29 is 13.9 Å². The Morgan fingerprint density at radius 3 is 2.75 bits per heavy atom. The van der Waals surface area contributed by atoms with Gasteiger partial charge in [0.25, 0.3) is 5.91 Å². The standard InChI is InChI=1S/C18H14Br2ClN3O3S/c19-12-2-1-10(7-14(12)21)22-18-23-16(25)15(28-18)9-11-8-13(20)17(27-11)24-3-5-26-6-4-24/h1-2,7-9H,3-6H2,(H,22,23,25)/b15-9-. The van der Waals surface area contributed by atoms with Crippen LogP contribution in [0.25, 0.3) is 6.08 Å². The molecule has 0 aliphatic carbocycles. The third kappa shape index (κ3) is 4.49. The van der Waals surface area contributed by atoms with E-state index in [1.165, 1.54) is 11.8 Å². The van der Waals surface area contributed by atoms with Crippen LogP contribution < -0.4 is 10.2 Å². The van der Waals surface area contributed by atoms with Crippen LogP contribution in [0.3, 0.4) is 0 Å². The molecule has 2 saturated heterocycles. The zero-order valence-corrected chi connectivity index (χ0v) is 19.1. The van der Waals surface area contributed by atoms with E-state index in [4.69, 9.17) is 20.8 Å². The number of amides is 1. The summed E-state index contributed by atoms with van der Waals surface area (Å²) >= 11 is 14.2. The second-order valence-corrected chi connectivity index (χ2v) is 9.13. The first kappa shape index (κ1) is 20.0. The maximum absolute atomic E-state index is 12.3. The summed E-state index contributed by atoms with van der Waals surface area (Å²) in [6.07, 6.45) is 1.71. The molecule has 4 rings (SSSR count). The lowest BCUT2D eigenvalue weighted by Crippen LogP contribution is -2.36. The van der Waals surface area contributed by atoms with Crippen molar-refractivity contribution in [3.05, 3.63) is 48.9 Å². The largest absolute Gasteiger partial charge is 0.440 e. The van der Waals surface area contributed by atoms with Crippen molar-refractivity contribution in [3.63, 3.8) is 0 Å². The van der Waals surface area contributed by atoms with E-state index < -0.39 is 0 Å². The number of halogens is 3. The molecule has 0 atom stereocenters. The third-order valence-corrected chi connectivity index (χ3v) is 6.75. The van der Waals surface area contributed by atoms with Gasteiger partial charge in [-0.15, -0.1) is 0 Å². The van der Waals surface area contributed by atoms with Gasteiger partial charge in [0.05, 0.1) is 33.3 Å². The number of amidine groups is 1. The first-order chi connectivity index (χ1) is 13.5. The van der Waals surface area contributed by atoms with Crippen LogP contribution in [0.15, 0.2) is 47.5 Å². The fourth-order valence-corrected chi connectivity index (χ4v) is 4.51. The molecule has 0 unspecified atom stereocenters. The molecular weight excluding hydrogens is 534 g/mol. The molecule has 2 aliphatic rings. The Hall–Kier alpha value is -1.26. The number of morpholine rings is 1. The van der Waals surface area contributed by atoms with Crippen LogP contribution in [0, 0.1) is 0 Å². The maximum atomic E-state index is 12.3. The van der Waals surface area contributed by atoms with Crippen molar-refractivity contribution >= 4 is 83.9 Å². The molecule has 1 aromatic carbocycles. The van der Waals surface area contributed by atoms with E-state index in [1.807, 2.05) is 18.2 Å². The normalized spacial score (nSPS) is 20.2. The summed E-state index contributed by atoms with van der Waals surface area (Å²) < 4.78 is 13.0. The quantitative estimate of drug-likeness (QED) is 0.536. The number of anilines is 1. The summed E-state index contributed by atoms with van der Waals surface area (Å²) in [6.45, 7) is 2.87. The van der Waals surface area contributed by atoms with Crippen LogP contribution in [0.4, 0.5) is 11.6 Å². The predicted molar refractivity (Wildman–Crippen MR) is 119 cm³/mol. The summed E-state index contributed by atoms with van der Waals surface area (Å²) in [5.74, 6) is 1.13. The van der Waals surface area contributed by atoms with Gasteiger partial charge in [-0.2, -0.15) is 0 Å². The Labute approximate surface area is 187 Å². The highest BCUT2D eigenvalue weighted by molar-refractivity contribution is 9.11. The molecule has 0 spiro atoms. The first-order valence-electron chi connectivity index (χ1n) is 8.36. The highest BCUT2D eigenvalue weighted by Crippen LogP contribution is 2.35. The van der Waals surface area contributed by atoms with E-state index in [9.17, 15) is 4.79 Å². The minimum Gasteiger partial charge on any atom is -0.440 e. The first-order valence-corrected chi connectivity index (χ1v) is 11.1. The number of hydrogen-bond donors (Lipinski definition) is 1. The van der Waals surface area contributed by atoms with Gasteiger partial charge in [0, 0.05) is 29.7 Å². The number of carbonyl (C=O) groups is 1. The van der Waals surface area contributed by atoms with Crippen LogP contribution in [0.1, 0.15) is 5.76 Å². The SMILES string of the molecule is O=C1NC(=Nc2ccc(Br)c(Cl)c2)S/C1=C\c1cc(Br)c(N2CCOCC2)o1. The molecule has 10 heteroatoms. The molecule has 1 amide bonds.